The Labute approximate surface area is 146 Å². The van der Waals surface area contributed by atoms with Crippen LogP contribution in [-0.2, 0) is 9.59 Å². The molecule has 1 unspecified atom stereocenters. The largest absolute Gasteiger partial charge is 0.339 e. The second-order valence-corrected chi connectivity index (χ2v) is 7.84. The monoisotopic (exact) mass is 335 g/mol. The van der Waals surface area contributed by atoms with E-state index in [0.717, 1.165) is 19.6 Å². The third-order valence-corrected chi connectivity index (χ3v) is 6.28. The van der Waals surface area contributed by atoms with Crippen LogP contribution in [0.15, 0.2) is 0 Å². The summed E-state index contributed by atoms with van der Waals surface area (Å²) in [7, 11) is 0. The van der Waals surface area contributed by atoms with E-state index < -0.39 is 0 Å². The minimum Gasteiger partial charge on any atom is -0.339 e. The minimum atomic E-state index is 0.157. The van der Waals surface area contributed by atoms with Gasteiger partial charge in [-0.05, 0) is 44.7 Å². The van der Waals surface area contributed by atoms with Gasteiger partial charge in [-0.15, -0.1) is 0 Å². The van der Waals surface area contributed by atoms with Gasteiger partial charge in [0, 0.05) is 45.1 Å². The number of hydrogen-bond acceptors (Lipinski definition) is 3. The highest BCUT2D eigenvalue weighted by Crippen LogP contribution is 2.32. The SMILES string of the molecule is CC(C(=O)N1CCN(C(=O)CCN2CCCC2)CC1)C1CCCC1. The van der Waals surface area contributed by atoms with Crippen LogP contribution in [0.4, 0.5) is 0 Å². The van der Waals surface area contributed by atoms with Gasteiger partial charge >= 0.3 is 0 Å². The summed E-state index contributed by atoms with van der Waals surface area (Å²) in [4.78, 5) is 31.4. The molecule has 136 valence electrons. The second kappa shape index (κ2) is 8.32. The van der Waals surface area contributed by atoms with E-state index >= 15 is 0 Å². The first-order valence-corrected chi connectivity index (χ1v) is 9.94. The molecule has 1 aliphatic carbocycles. The lowest BCUT2D eigenvalue weighted by Crippen LogP contribution is -2.52. The molecule has 3 rings (SSSR count). The van der Waals surface area contributed by atoms with Crippen molar-refractivity contribution >= 4 is 11.8 Å². The van der Waals surface area contributed by atoms with Gasteiger partial charge in [-0.25, -0.2) is 0 Å². The number of amides is 2. The number of carbonyl (C=O) groups excluding carboxylic acids is 2. The molecule has 0 aromatic rings. The molecule has 0 N–H and O–H groups in total. The van der Waals surface area contributed by atoms with E-state index in [1.54, 1.807) is 0 Å². The molecule has 5 nitrogen and oxygen atoms in total. The summed E-state index contributed by atoms with van der Waals surface area (Å²) in [6.45, 7) is 8.15. The van der Waals surface area contributed by atoms with Crippen LogP contribution < -0.4 is 0 Å². The topological polar surface area (TPSA) is 43.9 Å². The fraction of sp³-hybridized carbons (Fsp3) is 0.895. The highest BCUT2D eigenvalue weighted by molar-refractivity contribution is 5.80. The highest BCUT2D eigenvalue weighted by atomic mass is 16.2. The van der Waals surface area contributed by atoms with Crippen molar-refractivity contribution in [3.8, 4) is 0 Å². The maximum absolute atomic E-state index is 12.7. The molecule has 3 aliphatic rings. The van der Waals surface area contributed by atoms with Gasteiger partial charge in [0.15, 0.2) is 0 Å². The Bertz CT molecular complexity index is 434. The van der Waals surface area contributed by atoms with E-state index in [0.29, 0.717) is 44.4 Å². The van der Waals surface area contributed by atoms with Gasteiger partial charge < -0.3 is 14.7 Å². The Hall–Kier alpha value is -1.10. The Morgan fingerprint density at radius 2 is 1.46 bits per heavy atom. The van der Waals surface area contributed by atoms with Crippen molar-refractivity contribution in [1.82, 2.24) is 14.7 Å². The number of hydrogen-bond donors (Lipinski definition) is 0. The molecule has 0 aromatic carbocycles. The molecular weight excluding hydrogens is 302 g/mol. The highest BCUT2D eigenvalue weighted by Gasteiger charge is 2.32. The minimum absolute atomic E-state index is 0.157. The van der Waals surface area contributed by atoms with Crippen molar-refractivity contribution in [2.75, 3.05) is 45.8 Å². The van der Waals surface area contributed by atoms with Crippen molar-refractivity contribution in [3.05, 3.63) is 0 Å². The van der Waals surface area contributed by atoms with E-state index in [9.17, 15) is 9.59 Å². The van der Waals surface area contributed by atoms with Crippen LogP contribution in [-0.4, -0.2) is 72.3 Å². The standard InChI is InChI=1S/C19H33N3O2/c1-16(17-6-2-3-7-17)19(24)22-14-12-21(13-15-22)18(23)8-11-20-9-4-5-10-20/h16-17H,2-15H2,1H3. The van der Waals surface area contributed by atoms with Crippen LogP contribution >= 0.6 is 0 Å². The number of nitrogens with zero attached hydrogens (tertiary/aromatic N) is 3. The molecule has 2 aliphatic heterocycles. The van der Waals surface area contributed by atoms with Gasteiger partial charge in [-0.1, -0.05) is 19.8 Å². The summed E-state index contributed by atoms with van der Waals surface area (Å²) in [5, 5.41) is 0. The number of carbonyl (C=O) groups is 2. The predicted octanol–water partition coefficient (Wildman–Crippen LogP) is 1.97. The van der Waals surface area contributed by atoms with E-state index in [1.165, 1.54) is 38.5 Å². The summed E-state index contributed by atoms with van der Waals surface area (Å²) in [5.41, 5.74) is 0. The van der Waals surface area contributed by atoms with Crippen LogP contribution in [0.3, 0.4) is 0 Å². The average Bonchev–Trinajstić information content (AvgIpc) is 3.32. The zero-order valence-corrected chi connectivity index (χ0v) is 15.2. The molecule has 2 amide bonds. The van der Waals surface area contributed by atoms with Gasteiger partial charge in [-0.2, -0.15) is 0 Å². The van der Waals surface area contributed by atoms with Crippen molar-refractivity contribution in [1.29, 1.82) is 0 Å². The molecule has 1 atom stereocenters. The summed E-state index contributed by atoms with van der Waals surface area (Å²) < 4.78 is 0. The Kier molecular flexibility index (Phi) is 6.14. The van der Waals surface area contributed by atoms with E-state index in [2.05, 4.69) is 11.8 Å². The van der Waals surface area contributed by atoms with E-state index in [-0.39, 0.29) is 11.8 Å². The lowest BCUT2D eigenvalue weighted by atomic mass is 9.91. The maximum atomic E-state index is 12.7. The predicted molar refractivity (Wildman–Crippen MR) is 94.6 cm³/mol. The lowest BCUT2D eigenvalue weighted by Gasteiger charge is -2.37. The molecule has 1 saturated carbocycles. The molecule has 2 heterocycles. The van der Waals surface area contributed by atoms with Crippen LogP contribution in [0.25, 0.3) is 0 Å². The smallest absolute Gasteiger partial charge is 0.225 e. The molecule has 5 heteroatoms. The van der Waals surface area contributed by atoms with Gasteiger partial charge in [0.25, 0.3) is 0 Å². The van der Waals surface area contributed by atoms with Gasteiger partial charge in [0.05, 0.1) is 0 Å². The number of rotatable bonds is 5. The molecule has 3 fully saturated rings. The van der Waals surface area contributed by atoms with Crippen LogP contribution in [0.2, 0.25) is 0 Å². The third-order valence-electron chi connectivity index (χ3n) is 6.28. The Morgan fingerprint density at radius 3 is 2.08 bits per heavy atom. The lowest BCUT2D eigenvalue weighted by molar-refractivity contribution is -0.143. The van der Waals surface area contributed by atoms with E-state index in [1.807, 2.05) is 9.80 Å². The van der Waals surface area contributed by atoms with Crippen LogP contribution in [0, 0.1) is 11.8 Å². The van der Waals surface area contributed by atoms with Crippen molar-refractivity contribution in [3.63, 3.8) is 0 Å². The molecular formula is C19H33N3O2. The summed E-state index contributed by atoms with van der Waals surface area (Å²) in [6.07, 6.45) is 8.15. The Morgan fingerprint density at radius 1 is 0.875 bits per heavy atom. The summed E-state index contributed by atoms with van der Waals surface area (Å²) in [6, 6.07) is 0. The fourth-order valence-electron chi connectivity index (χ4n) is 4.54. The first-order valence-electron chi connectivity index (χ1n) is 9.94. The molecule has 0 aromatic heterocycles. The molecule has 0 spiro atoms. The zero-order valence-electron chi connectivity index (χ0n) is 15.2. The van der Waals surface area contributed by atoms with Gasteiger partial charge in [0.1, 0.15) is 0 Å². The molecule has 2 saturated heterocycles. The first-order chi connectivity index (χ1) is 11.6. The fourth-order valence-corrected chi connectivity index (χ4v) is 4.54. The normalized spacial score (nSPS) is 24.5. The van der Waals surface area contributed by atoms with Gasteiger partial charge in [-0.3, -0.25) is 9.59 Å². The maximum Gasteiger partial charge on any atom is 0.225 e. The molecule has 24 heavy (non-hydrogen) atoms. The summed E-state index contributed by atoms with van der Waals surface area (Å²) in [5.74, 6) is 1.31. The number of piperazine rings is 1. The van der Waals surface area contributed by atoms with Gasteiger partial charge in [0.2, 0.25) is 11.8 Å². The van der Waals surface area contributed by atoms with Crippen molar-refractivity contribution in [2.24, 2.45) is 11.8 Å². The first kappa shape index (κ1) is 17.7. The second-order valence-electron chi connectivity index (χ2n) is 7.84. The van der Waals surface area contributed by atoms with Crippen molar-refractivity contribution < 1.29 is 9.59 Å². The van der Waals surface area contributed by atoms with Crippen LogP contribution in [0.5, 0.6) is 0 Å². The van der Waals surface area contributed by atoms with E-state index in [4.69, 9.17) is 0 Å². The molecule has 0 bridgehead atoms. The third kappa shape index (κ3) is 4.29. The van der Waals surface area contributed by atoms with Crippen LogP contribution in [0.1, 0.15) is 51.9 Å². The van der Waals surface area contributed by atoms with Crippen molar-refractivity contribution in [2.45, 2.75) is 51.9 Å². The zero-order chi connectivity index (χ0) is 16.9. The number of likely N-dealkylation sites (tertiary alicyclic amines) is 1. The molecule has 0 radical (unpaired) electrons. The Balaban J connectivity index is 1.39. The summed E-state index contributed by atoms with van der Waals surface area (Å²) >= 11 is 0. The quantitative estimate of drug-likeness (QED) is 0.771. The average molecular weight is 335 g/mol.